The molecule has 0 atom stereocenters. The van der Waals surface area contributed by atoms with E-state index in [1.165, 1.54) is 5.56 Å². The first-order chi connectivity index (χ1) is 7.66. The first kappa shape index (κ1) is 11.4. The van der Waals surface area contributed by atoms with Gasteiger partial charge in [0.1, 0.15) is 0 Å². The van der Waals surface area contributed by atoms with Crippen molar-refractivity contribution >= 4 is 5.69 Å². The van der Waals surface area contributed by atoms with E-state index in [4.69, 9.17) is 5.73 Å². The van der Waals surface area contributed by atoms with Gasteiger partial charge in [0.25, 0.3) is 0 Å². The molecule has 0 spiro atoms. The third kappa shape index (κ3) is 2.54. The molecule has 1 aliphatic rings. The number of likely N-dealkylation sites (tertiary alicyclic amines) is 1. The first-order valence-electron chi connectivity index (χ1n) is 5.97. The average molecular weight is 219 g/mol. The van der Waals surface area contributed by atoms with Gasteiger partial charge in [0.05, 0.1) is 0 Å². The molecule has 3 nitrogen and oxygen atoms in total. The Hall–Kier alpha value is -1.06. The Bertz CT molecular complexity index is 343. The molecule has 1 saturated heterocycles. The fourth-order valence-electron chi connectivity index (χ4n) is 2.01. The summed E-state index contributed by atoms with van der Waals surface area (Å²) < 4.78 is 0. The SMILES string of the molecule is CC(C)N1CC(NCc2ccccc2N)C1. The summed E-state index contributed by atoms with van der Waals surface area (Å²) in [6.45, 7) is 7.68. The van der Waals surface area contributed by atoms with E-state index in [1.807, 2.05) is 18.2 Å². The van der Waals surface area contributed by atoms with Gasteiger partial charge in [0, 0.05) is 37.4 Å². The molecule has 0 aromatic heterocycles. The standard InChI is InChI=1S/C13H21N3/c1-10(2)16-8-12(9-16)15-7-11-5-3-4-6-13(11)14/h3-6,10,12,15H,7-9,14H2,1-2H3. The number of nitrogens with two attached hydrogens (primary N) is 1. The van der Waals surface area contributed by atoms with E-state index >= 15 is 0 Å². The number of hydrogen-bond donors (Lipinski definition) is 2. The summed E-state index contributed by atoms with van der Waals surface area (Å²) in [5, 5.41) is 3.54. The highest BCUT2D eigenvalue weighted by Gasteiger charge is 2.27. The van der Waals surface area contributed by atoms with E-state index in [-0.39, 0.29) is 0 Å². The summed E-state index contributed by atoms with van der Waals surface area (Å²) in [6, 6.07) is 9.35. The Morgan fingerprint density at radius 3 is 2.69 bits per heavy atom. The Kier molecular flexibility index (Phi) is 3.46. The zero-order chi connectivity index (χ0) is 11.5. The lowest BCUT2D eigenvalue weighted by Gasteiger charge is -2.42. The quantitative estimate of drug-likeness (QED) is 0.753. The molecule has 1 aromatic rings. The number of benzene rings is 1. The number of anilines is 1. The second kappa shape index (κ2) is 4.85. The summed E-state index contributed by atoms with van der Waals surface area (Å²) in [7, 11) is 0. The normalized spacial score (nSPS) is 17.7. The second-order valence-electron chi connectivity index (χ2n) is 4.82. The van der Waals surface area contributed by atoms with Crippen molar-refractivity contribution in [3.8, 4) is 0 Å². The predicted octanol–water partition coefficient (Wildman–Crippen LogP) is 1.45. The number of nitrogens with one attached hydrogen (secondary N) is 1. The van der Waals surface area contributed by atoms with Crippen LogP contribution >= 0.6 is 0 Å². The predicted molar refractivity (Wildman–Crippen MR) is 68.2 cm³/mol. The number of rotatable bonds is 4. The Labute approximate surface area is 97.6 Å². The van der Waals surface area contributed by atoms with Crippen molar-refractivity contribution in [2.24, 2.45) is 0 Å². The summed E-state index contributed by atoms with van der Waals surface area (Å²) in [5.74, 6) is 0. The van der Waals surface area contributed by atoms with Crippen molar-refractivity contribution in [2.75, 3.05) is 18.8 Å². The van der Waals surface area contributed by atoms with Crippen LogP contribution in [0.3, 0.4) is 0 Å². The minimum atomic E-state index is 0.627. The van der Waals surface area contributed by atoms with Gasteiger partial charge in [-0.05, 0) is 25.5 Å². The zero-order valence-electron chi connectivity index (χ0n) is 10.1. The van der Waals surface area contributed by atoms with Crippen LogP contribution in [-0.4, -0.2) is 30.1 Å². The Balaban J connectivity index is 1.76. The fraction of sp³-hybridized carbons (Fsp3) is 0.538. The number of nitrogens with zero attached hydrogens (tertiary/aromatic N) is 1. The molecule has 3 N–H and O–H groups in total. The van der Waals surface area contributed by atoms with E-state index in [0.29, 0.717) is 12.1 Å². The maximum atomic E-state index is 5.89. The lowest BCUT2D eigenvalue weighted by molar-refractivity contribution is 0.0913. The van der Waals surface area contributed by atoms with Crippen molar-refractivity contribution in [2.45, 2.75) is 32.5 Å². The summed E-state index contributed by atoms with van der Waals surface area (Å²) >= 11 is 0. The Morgan fingerprint density at radius 2 is 2.06 bits per heavy atom. The number of hydrogen-bond acceptors (Lipinski definition) is 3. The second-order valence-corrected chi connectivity index (χ2v) is 4.82. The van der Waals surface area contributed by atoms with Gasteiger partial charge < -0.3 is 11.1 Å². The summed E-state index contributed by atoms with van der Waals surface area (Å²) in [5.41, 5.74) is 7.98. The number of nitrogen functional groups attached to an aromatic ring is 1. The zero-order valence-corrected chi connectivity index (χ0v) is 10.1. The molecule has 0 bridgehead atoms. The lowest BCUT2D eigenvalue weighted by Crippen LogP contribution is -2.59. The molecule has 0 unspecified atom stereocenters. The van der Waals surface area contributed by atoms with Crippen molar-refractivity contribution in [1.29, 1.82) is 0 Å². The van der Waals surface area contributed by atoms with Gasteiger partial charge in [-0.1, -0.05) is 18.2 Å². The van der Waals surface area contributed by atoms with Gasteiger partial charge in [0.2, 0.25) is 0 Å². The highest BCUT2D eigenvalue weighted by Crippen LogP contribution is 2.14. The van der Waals surface area contributed by atoms with Crippen molar-refractivity contribution in [3.05, 3.63) is 29.8 Å². The van der Waals surface area contributed by atoms with Gasteiger partial charge in [0.15, 0.2) is 0 Å². The van der Waals surface area contributed by atoms with Crippen LogP contribution in [0.5, 0.6) is 0 Å². The average Bonchev–Trinajstić information content (AvgIpc) is 2.17. The largest absolute Gasteiger partial charge is 0.398 e. The maximum absolute atomic E-state index is 5.89. The van der Waals surface area contributed by atoms with Gasteiger partial charge in [-0.3, -0.25) is 4.90 Å². The summed E-state index contributed by atoms with van der Waals surface area (Å²) in [4.78, 5) is 2.46. The smallest absolute Gasteiger partial charge is 0.0359 e. The first-order valence-corrected chi connectivity index (χ1v) is 5.97. The molecular weight excluding hydrogens is 198 g/mol. The minimum absolute atomic E-state index is 0.627. The molecule has 2 rings (SSSR count). The molecular formula is C13H21N3. The van der Waals surface area contributed by atoms with E-state index in [1.54, 1.807) is 0 Å². The van der Waals surface area contributed by atoms with Crippen LogP contribution < -0.4 is 11.1 Å². The molecule has 1 heterocycles. The van der Waals surface area contributed by atoms with Crippen LogP contribution in [0.2, 0.25) is 0 Å². The lowest BCUT2D eigenvalue weighted by atomic mass is 10.1. The van der Waals surface area contributed by atoms with E-state index in [2.05, 4.69) is 30.1 Å². The molecule has 1 aliphatic heterocycles. The molecule has 0 radical (unpaired) electrons. The van der Waals surface area contributed by atoms with Crippen LogP contribution in [0.1, 0.15) is 19.4 Å². The minimum Gasteiger partial charge on any atom is -0.398 e. The highest BCUT2D eigenvalue weighted by molar-refractivity contribution is 5.46. The van der Waals surface area contributed by atoms with Crippen LogP contribution in [-0.2, 0) is 6.54 Å². The molecule has 0 saturated carbocycles. The highest BCUT2D eigenvalue weighted by atomic mass is 15.3. The monoisotopic (exact) mass is 219 g/mol. The van der Waals surface area contributed by atoms with Crippen molar-refractivity contribution < 1.29 is 0 Å². The topological polar surface area (TPSA) is 41.3 Å². The summed E-state index contributed by atoms with van der Waals surface area (Å²) in [6.07, 6.45) is 0. The van der Waals surface area contributed by atoms with Crippen LogP contribution in [0.15, 0.2) is 24.3 Å². The molecule has 1 fully saturated rings. The molecule has 0 aliphatic carbocycles. The third-order valence-electron chi connectivity index (χ3n) is 3.28. The third-order valence-corrected chi connectivity index (χ3v) is 3.28. The van der Waals surface area contributed by atoms with Crippen LogP contribution in [0.4, 0.5) is 5.69 Å². The molecule has 1 aromatic carbocycles. The van der Waals surface area contributed by atoms with Crippen molar-refractivity contribution in [1.82, 2.24) is 10.2 Å². The van der Waals surface area contributed by atoms with Gasteiger partial charge in [-0.2, -0.15) is 0 Å². The van der Waals surface area contributed by atoms with Crippen molar-refractivity contribution in [3.63, 3.8) is 0 Å². The van der Waals surface area contributed by atoms with Crippen LogP contribution in [0, 0.1) is 0 Å². The van der Waals surface area contributed by atoms with Crippen LogP contribution in [0.25, 0.3) is 0 Å². The molecule has 88 valence electrons. The molecule has 16 heavy (non-hydrogen) atoms. The molecule has 0 amide bonds. The van der Waals surface area contributed by atoms with E-state index in [9.17, 15) is 0 Å². The number of para-hydroxylation sites is 1. The Morgan fingerprint density at radius 1 is 1.38 bits per heavy atom. The van der Waals surface area contributed by atoms with E-state index < -0.39 is 0 Å². The molecule has 3 heteroatoms. The van der Waals surface area contributed by atoms with Gasteiger partial charge in [-0.25, -0.2) is 0 Å². The fourth-order valence-corrected chi connectivity index (χ4v) is 2.01. The van der Waals surface area contributed by atoms with Gasteiger partial charge in [-0.15, -0.1) is 0 Å². The van der Waals surface area contributed by atoms with Gasteiger partial charge >= 0.3 is 0 Å². The maximum Gasteiger partial charge on any atom is 0.0359 e. The van der Waals surface area contributed by atoms with E-state index in [0.717, 1.165) is 25.3 Å².